The van der Waals surface area contributed by atoms with Crippen LogP contribution in [0.4, 0.5) is 5.69 Å². The molecule has 0 aliphatic carbocycles. The molecule has 0 saturated heterocycles. The Bertz CT molecular complexity index is 784. The van der Waals surface area contributed by atoms with Crippen molar-refractivity contribution in [3.05, 3.63) is 66.6 Å². The van der Waals surface area contributed by atoms with Crippen molar-refractivity contribution in [3.8, 4) is 11.6 Å². The maximum atomic E-state index is 12.6. The number of pyridine rings is 1. The summed E-state index contributed by atoms with van der Waals surface area (Å²) in [5.74, 6) is 0.795. The van der Waals surface area contributed by atoms with E-state index in [-0.39, 0.29) is 5.91 Å². The number of nitrogens with zero attached hydrogens (tertiary/aromatic N) is 3. The van der Waals surface area contributed by atoms with E-state index in [0.29, 0.717) is 22.8 Å². The molecule has 0 unspecified atom stereocenters. The van der Waals surface area contributed by atoms with E-state index in [2.05, 4.69) is 15.4 Å². The summed E-state index contributed by atoms with van der Waals surface area (Å²) in [6.07, 6.45) is 5.00. The van der Waals surface area contributed by atoms with Gasteiger partial charge in [-0.2, -0.15) is 5.10 Å². The first kappa shape index (κ1) is 13.8. The number of hydrogen-bond donors (Lipinski definition) is 1. The van der Waals surface area contributed by atoms with Crippen molar-refractivity contribution >= 4 is 11.6 Å². The van der Waals surface area contributed by atoms with Crippen LogP contribution >= 0.6 is 0 Å². The minimum Gasteiger partial charge on any atom is -0.495 e. The molecule has 2 heterocycles. The number of nitrogens with one attached hydrogen (secondary N) is 1. The molecule has 0 fully saturated rings. The summed E-state index contributed by atoms with van der Waals surface area (Å²) in [4.78, 5) is 16.8. The summed E-state index contributed by atoms with van der Waals surface area (Å²) in [6.45, 7) is 0. The molecule has 1 aromatic carbocycles. The normalized spacial score (nSPS) is 10.2. The first-order chi connectivity index (χ1) is 10.8. The average molecular weight is 294 g/mol. The third-order valence-corrected chi connectivity index (χ3v) is 3.11. The number of anilines is 1. The van der Waals surface area contributed by atoms with Crippen molar-refractivity contribution in [2.45, 2.75) is 0 Å². The lowest BCUT2D eigenvalue weighted by molar-refractivity contribution is 0.102. The standard InChI is InChI=1S/C16H14N4O2/c1-22-14-8-3-2-7-13(14)19-16(21)12-6-4-9-17-15(12)20-11-5-10-18-20/h2-11H,1H3,(H,19,21). The van der Waals surface area contributed by atoms with Crippen molar-refractivity contribution in [1.82, 2.24) is 14.8 Å². The molecule has 110 valence electrons. The van der Waals surface area contributed by atoms with Crippen LogP contribution in [0.5, 0.6) is 5.75 Å². The smallest absolute Gasteiger partial charge is 0.259 e. The highest BCUT2D eigenvalue weighted by atomic mass is 16.5. The summed E-state index contributed by atoms with van der Waals surface area (Å²) < 4.78 is 6.79. The largest absolute Gasteiger partial charge is 0.495 e. The van der Waals surface area contributed by atoms with Gasteiger partial charge in [-0.15, -0.1) is 0 Å². The second-order valence-electron chi connectivity index (χ2n) is 4.48. The van der Waals surface area contributed by atoms with Gasteiger partial charge in [0.1, 0.15) is 5.75 Å². The van der Waals surface area contributed by atoms with Gasteiger partial charge in [0.25, 0.3) is 5.91 Å². The first-order valence-electron chi connectivity index (χ1n) is 6.69. The van der Waals surface area contributed by atoms with Crippen molar-refractivity contribution in [3.63, 3.8) is 0 Å². The molecule has 0 radical (unpaired) electrons. The topological polar surface area (TPSA) is 69.0 Å². The molecule has 0 saturated carbocycles. The number of benzene rings is 1. The highest BCUT2D eigenvalue weighted by molar-refractivity contribution is 6.06. The second-order valence-corrected chi connectivity index (χ2v) is 4.48. The van der Waals surface area contributed by atoms with Crippen LogP contribution in [0, 0.1) is 0 Å². The fourth-order valence-corrected chi connectivity index (χ4v) is 2.09. The predicted octanol–water partition coefficient (Wildman–Crippen LogP) is 2.53. The van der Waals surface area contributed by atoms with Gasteiger partial charge in [-0.3, -0.25) is 4.79 Å². The summed E-state index contributed by atoms with van der Waals surface area (Å²) in [5, 5.41) is 6.95. The van der Waals surface area contributed by atoms with E-state index in [0.717, 1.165) is 0 Å². The third kappa shape index (κ3) is 2.67. The van der Waals surface area contributed by atoms with Crippen LogP contribution in [0.2, 0.25) is 0 Å². The number of para-hydroxylation sites is 2. The Morgan fingerprint density at radius 2 is 2.00 bits per heavy atom. The summed E-state index contributed by atoms with van der Waals surface area (Å²) in [5.41, 5.74) is 1.03. The Morgan fingerprint density at radius 3 is 2.77 bits per heavy atom. The van der Waals surface area contributed by atoms with Crippen LogP contribution in [0.25, 0.3) is 5.82 Å². The summed E-state index contributed by atoms with van der Waals surface area (Å²) in [6, 6.07) is 12.4. The quantitative estimate of drug-likeness (QED) is 0.802. The van der Waals surface area contributed by atoms with Crippen LogP contribution in [0.15, 0.2) is 61.1 Å². The number of methoxy groups -OCH3 is 1. The second kappa shape index (κ2) is 6.09. The first-order valence-corrected chi connectivity index (χ1v) is 6.69. The van der Waals surface area contributed by atoms with E-state index in [4.69, 9.17) is 4.74 Å². The zero-order valence-electron chi connectivity index (χ0n) is 11.9. The molecule has 22 heavy (non-hydrogen) atoms. The van der Waals surface area contributed by atoms with E-state index in [1.54, 1.807) is 60.7 Å². The van der Waals surface area contributed by atoms with E-state index in [1.165, 1.54) is 0 Å². The van der Waals surface area contributed by atoms with Crippen molar-refractivity contribution < 1.29 is 9.53 Å². The van der Waals surface area contributed by atoms with Crippen LogP contribution in [-0.2, 0) is 0 Å². The van der Waals surface area contributed by atoms with Gasteiger partial charge in [0.2, 0.25) is 0 Å². The molecule has 0 aliphatic heterocycles. The van der Waals surface area contributed by atoms with Crippen LogP contribution in [-0.4, -0.2) is 27.8 Å². The summed E-state index contributed by atoms with van der Waals surface area (Å²) in [7, 11) is 1.56. The molecule has 0 spiro atoms. The number of rotatable bonds is 4. The third-order valence-electron chi connectivity index (χ3n) is 3.11. The number of amides is 1. The van der Waals surface area contributed by atoms with Crippen LogP contribution < -0.4 is 10.1 Å². The zero-order chi connectivity index (χ0) is 15.4. The minimum atomic E-state index is -0.275. The molecule has 1 amide bonds. The number of carbonyl (C=O) groups excluding carboxylic acids is 1. The van der Waals surface area contributed by atoms with Gasteiger partial charge >= 0.3 is 0 Å². The fourth-order valence-electron chi connectivity index (χ4n) is 2.09. The fraction of sp³-hybridized carbons (Fsp3) is 0.0625. The van der Waals surface area contributed by atoms with E-state index in [9.17, 15) is 4.79 Å². The zero-order valence-corrected chi connectivity index (χ0v) is 11.9. The van der Waals surface area contributed by atoms with E-state index < -0.39 is 0 Å². The highest BCUT2D eigenvalue weighted by Crippen LogP contribution is 2.24. The van der Waals surface area contributed by atoms with Crippen molar-refractivity contribution in [1.29, 1.82) is 0 Å². The number of hydrogen-bond acceptors (Lipinski definition) is 4. The minimum absolute atomic E-state index is 0.275. The Labute approximate surface area is 127 Å². The molecule has 3 rings (SSSR count). The lowest BCUT2D eigenvalue weighted by Crippen LogP contribution is -2.16. The molecular formula is C16H14N4O2. The van der Waals surface area contributed by atoms with Crippen molar-refractivity contribution in [2.24, 2.45) is 0 Å². The average Bonchev–Trinajstić information content (AvgIpc) is 3.09. The van der Waals surface area contributed by atoms with Gasteiger partial charge in [-0.25, -0.2) is 9.67 Å². The van der Waals surface area contributed by atoms with Gasteiger partial charge in [0.15, 0.2) is 5.82 Å². The lowest BCUT2D eigenvalue weighted by atomic mass is 10.2. The molecular weight excluding hydrogens is 280 g/mol. The molecule has 0 aliphatic rings. The van der Waals surface area contributed by atoms with Gasteiger partial charge in [0.05, 0.1) is 18.4 Å². The molecule has 0 atom stereocenters. The maximum Gasteiger partial charge on any atom is 0.259 e. The lowest BCUT2D eigenvalue weighted by Gasteiger charge is -2.11. The van der Waals surface area contributed by atoms with E-state index in [1.807, 2.05) is 12.1 Å². The van der Waals surface area contributed by atoms with Gasteiger partial charge in [0, 0.05) is 18.6 Å². The number of ether oxygens (including phenoxy) is 1. The highest BCUT2D eigenvalue weighted by Gasteiger charge is 2.15. The molecule has 6 nitrogen and oxygen atoms in total. The SMILES string of the molecule is COc1ccccc1NC(=O)c1cccnc1-n1cccn1. The van der Waals surface area contributed by atoms with Crippen LogP contribution in [0.3, 0.4) is 0 Å². The Hall–Kier alpha value is -3.15. The Kier molecular flexibility index (Phi) is 3.82. The maximum absolute atomic E-state index is 12.6. The van der Waals surface area contributed by atoms with Gasteiger partial charge in [-0.05, 0) is 30.3 Å². The molecule has 3 aromatic rings. The Balaban J connectivity index is 1.93. The Morgan fingerprint density at radius 1 is 1.14 bits per heavy atom. The molecule has 0 bridgehead atoms. The van der Waals surface area contributed by atoms with Gasteiger partial charge in [-0.1, -0.05) is 12.1 Å². The van der Waals surface area contributed by atoms with E-state index >= 15 is 0 Å². The number of aromatic nitrogens is 3. The number of carbonyl (C=O) groups is 1. The van der Waals surface area contributed by atoms with Crippen LogP contribution in [0.1, 0.15) is 10.4 Å². The molecule has 2 aromatic heterocycles. The summed E-state index contributed by atoms with van der Waals surface area (Å²) >= 11 is 0. The molecule has 1 N–H and O–H groups in total. The molecule has 6 heteroatoms. The van der Waals surface area contributed by atoms with Gasteiger partial charge < -0.3 is 10.1 Å². The predicted molar refractivity (Wildman–Crippen MR) is 82.3 cm³/mol. The van der Waals surface area contributed by atoms with Crippen molar-refractivity contribution in [2.75, 3.05) is 12.4 Å². The monoisotopic (exact) mass is 294 g/mol.